The van der Waals surface area contributed by atoms with E-state index in [9.17, 15) is 0 Å². The van der Waals surface area contributed by atoms with Crippen LogP contribution in [0, 0.1) is 5.92 Å². The number of allylic oxidation sites excluding steroid dienone is 4. The maximum absolute atomic E-state index is 5.16. The summed E-state index contributed by atoms with van der Waals surface area (Å²) in [6.45, 7) is 2.34. The van der Waals surface area contributed by atoms with Crippen LogP contribution in [0.3, 0.4) is 0 Å². The summed E-state index contributed by atoms with van der Waals surface area (Å²) in [5.41, 5.74) is 10.0. The van der Waals surface area contributed by atoms with Crippen LogP contribution < -0.4 is 10.4 Å². The van der Waals surface area contributed by atoms with Crippen molar-refractivity contribution in [2.45, 2.75) is 26.2 Å². The Morgan fingerprint density at radius 2 is 1.33 bits per heavy atom. The van der Waals surface area contributed by atoms with Gasteiger partial charge in [-0.25, -0.2) is 4.98 Å². The fourth-order valence-corrected chi connectivity index (χ4v) is 7.63. The SMILES string of the molecule is CC1C=c2c(-c3ccc4ccccc4c3)c3ccccc3c(C3=CC=C(c4nc5ccccc5n4-c4ccccc4)CC3)c2=CC1. The van der Waals surface area contributed by atoms with Gasteiger partial charge in [0.25, 0.3) is 0 Å². The van der Waals surface area contributed by atoms with Crippen LogP contribution in [0.15, 0.2) is 133 Å². The Bertz CT molecular complexity index is 2510. The number of aromatic nitrogens is 2. The first-order chi connectivity index (χ1) is 22.7. The van der Waals surface area contributed by atoms with Crippen molar-refractivity contribution in [2.24, 2.45) is 5.92 Å². The van der Waals surface area contributed by atoms with E-state index < -0.39 is 0 Å². The zero-order chi connectivity index (χ0) is 30.6. The molecule has 0 radical (unpaired) electrons. The summed E-state index contributed by atoms with van der Waals surface area (Å²) in [4.78, 5) is 5.16. The molecule has 0 aliphatic heterocycles. The molecule has 7 aromatic rings. The molecule has 2 heteroatoms. The van der Waals surface area contributed by atoms with Crippen LogP contribution >= 0.6 is 0 Å². The molecule has 220 valence electrons. The van der Waals surface area contributed by atoms with E-state index in [-0.39, 0.29) is 0 Å². The highest BCUT2D eigenvalue weighted by Crippen LogP contribution is 2.37. The van der Waals surface area contributed by atoms with E-state index in [0.717, 1.165) is 41.8 Å². The van der Waals surface area contributed by atoms with Crippen LogP contribution in [0.2, 0.25) is 0 Å². The Balaban J connectivity index is 1.25. The Labute approximate surface area is 269 Å². The summed E-state index contributed by atoms with van der Waals surface area (Å²) >= 11 is 0. The lowest BCUT2D eigenvalue weighted by molar-refractivity contribution is 0.800. The highest BCUT2D eigenvalue weighted by molar-refractivity contribution is 6.05. The number of benzene rings is 6. The number of fused-ring (bicyclic) bond motifs is 4. The first kappa shape index (κ1) is 26.9. The summed E-state index contributed by atoms with van der Waals surface area (Å²) < 4.78 is 2.32. The lowest BCUT2D eigenvalue weighted by Gasteiger charge is -2.22. The van der Waals surface area contributed by atoms with Gasteiger partial charge in [0.1, 0.15) is 5.82 Å². The number of para-hydroxylation sites is 3. The maximum atomic E-state index is 5.16. The molecular formula is C44H34N2. The number of rotatable bonds is 4. The largest absolute Gasteiger partial charge is 0.293 e. The highest BCUT2D eigenvalue weighted by atomic mass is 15.1. The molecule has 1 unspecified atom stereocenters. The number of nitrogens with zero attached hydrogens (tertiary/aromatic N) is 2. The van der Waals surface area contributed by atoms with Gasteiger partial charge in [0.2, 0.25) is 0 Å². The van der Waals surface area contributed by atoms with Gasteiger partial charge in [0.05, 0.1) is 11.0 Å². The molecule has 1 atom stereocenters. The Hall–Kier alpha value is -5.47. The summed E-state index contributed by atoms with van der Waals surface area (Å²) in [6, 6.07) is 43.8. The van der Waals surface area contributed by atoms with Crippen molar-refractivity contribution in [1.29, 1.82) is 0 Å². The molecular weight excluding hydrogens is 556 g/mol. The van der Waals surface area contributed by atoms with Gasteiger partial charge in [0, 0.05) is 5.69 Å². The number of hydrogen-bond donors (Lipinski definition) is 0. The van der Waals surface area contributed by atoms with Crippen molar-refractivity contribution in [1.82, 2.24) is 9.55 Å². The van der Waals surface area contributed by atoms with Gasteiger partial charge in [-0.05, 0) is 115 Å². The van der Waals surface area contributed by atoms with Crippen molar-refractivity contribution in [3.63, 3.8) is 0 Å². The van der Waals surface area contributed by atoms with Crippen molar-refractivity contribution >= 4 is 55.9 Å². The van der Waals surface area contributed by atoms with E-state index in [1.54, 1.807) is 0 Å². The van der Waals surface area contributed by atoms with Crippen LogP contribution in [0.25, 0.3) is 72.7 Å². The average molecular weight is 591 g/mol. The molecule has 0 saturated carbocycles. The average Bonchev–Trinajstić information content (AvgIpc) is 3.50. The van der Waals surface area contributed by atoms with Crippen LogP contribution in [0.1, 0.15) is 37.6 Å². The zero-order valence-corrected chi connectivity index (χ0v) is 25.9. The zero-order valence-electron chi connectivity index (χ0n) is 25.9. The second-order valence-corrected chi connectivity index (χ2v) is 12.7. The fraction of sp³-hybridized carbons (Fsp3) is 0.114. The van der Waals surface area contributed by atoms with Gasteiger partial charge in [0.15, 0.2) is 0 Å². The molecule has 0 bridgehead atoms. The second-order valence-electron chi connectivity index (χ2n) is 12.7. The van der Waals surface area contributed by atoms with Crippen LogP contribution in [0.5, 0.6) is 0 Å². The molecule has 9 rings (SSSR count). The minimum absolute atomic E-state index is 0.499. The van der Waals surface area contributed by atoms with Crippen LogP contribution in [-0.2, 0) is 0 Å². The smallest absolute Gasteiger partial charge is 0.141 e. The van der Waals surface area contributed by atoms with Gasteiger partial charge >= 0.3 is 0 Å². The lowest BCUT2D eigenvalue weighted by Crippen LogP contribution is -2.34. The minimum Gasteiger partial charge on any atom is -0.293 e. The molecule has 2 aliphatic carbocycles. The molecule has 0 saturated heterocycles. The summed E-state index contributed by atoms with van der Waals surface area (Å²) in [5, 5.41) is 7.99. The first-order valence-electron chi connectivity index (χ1n) is 16.4. The molecule has 1 heterocycles. The predicted molar refractivity (Wildman–Crippen MR) is 195 cm³/mol. The van der Waals surface area contributed by atoms with Crippen LogP contribution in [0.4, 0.5) is 0 Å². The van der Waals surface area contributed by atoms with E-state index in [1.807, 2.05) is 0 Å². The third-order valence-electron chi connectivity index (χ3n) is 9.81. The van der Waals surface area contributed by atoms with Crippen molar-refractivity contribution in [2.75, 3.05) is 0 Å². The van der Waals surface area contributed by atoms with Gasteiger partial charge in [-0.1, -0.05) is 122 Å². The third-order valence-corrected chi connectivity index (χ3v) is 9.81. The summed E-state index contributed by atoms with van der Waals surface area (Å²) in [7, 11) is 0. The molecule has 2 nitrogen and oxygen atoms in total. The van der Waals surface area contributed by atoms with E-state index in [4.69, 9.17) is 4.98 Å². The fourth-order valence-electron chi connectivity index (χ4n) is 7.63. The molecule has 0 N–H and O–H groups in total. The van der Waals surface area contributed by atoms with Gasteiger partial charge in [-0.15, -0.1) is 0 Å². The molecule has 2 aliphatic rings. The second kappa shape index (κ2) is 10.9. The number of hydrogen-bond acceptors (Lipinski definition) is 1. The van der Waals surface area contributed by atoms with E-state index in [2.05, 4.69) is 157 Å². The lowest BCUT2D eigenvalue weighted by atomic mass is 9.82. The topological polar surface area (TPSA) is 17.8 Å². The first-order valence-corrected chi connectivity index (χ1v) is 16.4. The highest BCUT2D eigenvalue weighted by Gasteiger charge is 2.22. The van der Waals surface area contributed by atoms with Gasteiger partial charge in [-0.3, -0.25) is 4.57 Å². The molecule has 0 fully saturated rings. The molecule has 1 aromatic heterocycles. The Morgan fingerprint density at radius 3 is 2.15 bits per heavy atom. The Morgan fingerprint density at radius 1 is 0.630 bits per heavy atom. The molecule has 0 spiro atoms. The van der Waals surface area contributed by atoms with Crippen LogP contribution in [-0.4, -0.2) is 9.55 Å². The summed E-state index contributed by atoms with van der Waals surface area (Å²) in [5.74, 6) is 1.54. The standard InChI is InChI=1S/C44H34N2/c1-29-19-26-38-39(27-29)43(34-25-20-30-11-5-6-12-33(30)28-34)37-16-8-7-15-36(37)42(38)31-21-23-32(24-22-31)44-45-40-17-9-10-18-41(40)46(44)35-13-3-2-4-14-35/h2-18,20-21,23,25-29H,19,22,24H2,1H3. The van der Waals surface area contributed by atoms with Gasteiger partial charge in [-0.2, -0.15) is 0 Å². The molecule has 46 heavy (non-hydrogen) atoms. The molecule has 6 aromatic carbocycles. The van der Waals surface area contributed by atoms with Crippen molar-refractivity contribution < 1.29 is 0 Å². The van der Waals surface area contributed by atoms with Gasteiger partial charge < -0.3 is 0 Å². The Kier molecular flexibility index (Phi) is 6.35. The van der Waals surface area contributed by atoms with E-state index >= 15 is 0 Å². The van der Waals surface area contributed by atoms with E-state index in [0.29, 0.717) is 5.92 Å². The predicted octanol–water partition coefficient (Wildman–Crippen LogP) is 9.86. The van der Waals surface area contributed by atoms with Crippen molar-refractivity contribution in [3.8, 4) is 16.8 Å². The summed E-state index contributed by atoms with van der Waals surface area (Å²) in [6.07, 6.45) is 12.7. The normalized spacial score (nSPS) is 16.1. The van der Waals surface area contributed by atoms with E-state index in [1.165, 1.54) is 59.8 Å². The van der Waals surface area contributed by atoms with Crippen molar-refractivity contribution in [3.05, 3.63) is 155 Å². The maximum Gasteiger partial charge on any atom is 0.141 e. The molecule has 0 amide bonds. The monoisotopic (exact) mass is 590 g/mol. The third kappa shape index (κ3) is 4.36. The number of imidazole rings is 1. The quantitative estimate of drug-likeness (QED) is 0.200. The minimum atomic E-state index is 0.499.